The van der Waals surface area contributed by atoms with Crippen molar-refractivity contribution in [3.8, 4) is 11.8 Å². The Morgan fingerprint density at radius 1 is 1.47 bits per heavy atom. The summed E-state index contributed by atoms with van der Waals surface area (Å²) in [5.41, 5.74) is -0.231. The Labute approximate surface area is 106 Å². The van der Waals surface area contributed by atoms with Crippen LogP contribution < -0.4 is 4.74 Å². The van der Waals surface area contributed by atoms with Gasteiger partial charge in [0.2, 0.25) is 0 Å². The maximum Gasteiger partial charge on any atom is 0.387 e. The summed E-state index contributed by atoms with van der Waals surface area (Å²) in [4.78, 5) is -0.693. The molecule has 0 aliphatic carbocycles. The molecular formula is C8H4ClF2NO3S2. The molecule has 9 heteroatoms. The van der Waals surface area contributed by atoms with Gasteiger partial charge in [-0.1, -0.05) is 0 Å². The maximum absolute atomic E-state index is 12.0. The summed E-state index contributed by atoms with van der Waals surface area (Å²) < 4.78 is 50.2. The number of nitrogens with zero attached hydrogens (tertiary/aromatic N) is 1. The Balaban J connectivity index is 3.46. The maximum atomic E-state index is 12.0. The van der Waals surface area contributed by atoms with E-state index in [1.165, 1.54) is 0 Å². The summed E-state index contributed by atoms with van der Waals surface area (Å²) in [5, 5.41) is 8.69. The van der Waals surface area contributed by atoms with Crippen LogP contribution in [0.1, 0.15) is 5.56 Å². The number of benzene rings is 1. The first-order valence-corrected chi connectivity index (χ1v) is 6.68. The Morgan fingerprint density at radius 3 is 2.47 bits per heavy atom. The SMILES string of the molecule is N#Cc1cc(S(=O)(=O)Cl)cc(OC(F)F)c1S. The van der Waals surface area contributed by atoms with Gasteiger partial charge in [0.15, 0.2) is 0 Å². The quantitative estimate of drug-likeness (QED) is 0.687. The topological polar surface area (TPSA) is 67.2 Å². The van der Waals surface area contributed by atoms with Gasteiger partial charge in [0, 0.05) is 16.7 Å². The molecule has 0 aliphatic heterocycles. The van der Waals surface area contributed by atoms with Gasteiger partial charge in [-0.05, 0) is 6.07 Å². The minimum atomic E-state index is -4.15. The number of alkyl halides is 2. The first-order chi connectivity index (χ1) is 7.75. The molecule has 0 bridgehead atoms. The zero-order chi connectivity index (χ0) is 13.2. The molecule has 1 aromatic carbocycles. The second-order valence-electron chi connectivity index (χ2n) is 2.75. The van der Waals surface area contributed by atoms with Crippen molar-refractivity contribution < 1.29 is 21.9 Å². The highest BCUT2D eigenvalue weighted by molar-refractivity contribution is 8.13. The van der Waals surface area contributed by atoms with Crippen molar-refractivity contribution in [1.29, 1.82) is 5.26 Å². The Bertz CT molecular complexity index is 583. The summed E-state index contributed by atoms with van der Waals surface area (Å²) >= 11 is 3.79. The summed E-state index contributed by atoms with van der Waals surface area (Å²) in [6, 6.07) is 3.29. The van der Waals surface area contributed by atoms with Crippen molar-refractivity contribution in [2.75, 3.05) is 0 Å². The van der Waals surface area contributed by atoms with Crippen molar-refractivity contribution in [2.45, 2.75) is 16.4 Å². The highest BCUT2D eigenvalue weighted by Gasteiger charge is 2.18. The lowest BCUT2D eigenvalue weighted by atomic mass is 10.2. The molecule has 0 amide bonds. The van der Waals surface area contributed by atoms with Gasteiger partial charge in [0.1, 0.15) is 11.8 Å². The number of hydrogen-bond acceptors (Lipinski definition) is 5. The molecule has 0 heterocycles. The lowest BCUT2D eigenvalue weighted by molar-refractivity contribution is -0.0518. The predicted molar refractivity (Wildman–Crippen MR) is 58.1 cm³/mol. The molecule has 17 heavy (non-hydrogen) atoms. The normalized spacial score (nSPS) is 11.3. The molecule has 0 fully saturated rings. The minimum absolute atomic E-state index is 0.183. The Kier molecular flexibility index (Phi) is 4.19. The molecule has 4 nitrogen and oxygen atoms in total. The number of halogens is 3. The molecule has 0 N–H and O–H groups in total. The predicted octanol–water partition coefficient (Wildman–Crippen LogP) is 2.38. The second kappa shape index (κ2) is 5.08. The van der Waals surface area contributed by atoms with Gasteiger partial charge in [-0.15, -0.1) is 12.6 Å². The summed E-state index contributed by atoms with van der Waals surface area (Å²) in [7, 11) is 0.895. The fourth-order valence-electron chi connectivity index (χ4n) is 0.994. The zero-order valence-electron chi connectivity index (χ0n) is 7.89. The van der Waals surface area contributed by atoms with Gasteiger partial charge in [-0.3, -0.25) is 0 Å². The highest BCUT2D eigenvalue weighted by Crippen LogP contribution is 2.32. The van der Waals surface area contributed by atoms with Crippen LogP contribution in [0.5, 0.6) is 5.75 Å². The first kappa shape index (κ1) is 14.0. The molecule has 0 atom stereocenters. The van der Waals surface area contributed by atoms with Crippen molar-refractivity contribution >= 4 is 32.4 Å². The minimum Gasteiger partial charge on any atom is -0.434 e. The van der Waals surface area contributed by atoms with Crippen LogP contribution in [0.4, 0.5) is 8.78 Å². The summed E-state index contributed by atoms with van der Waals surface area (Å²) in [6.07, 6.45) is 0. The smallest absolute Gasteiger partial charge is 0.387 e. The number of rotatable bonds is 3. The number of nitriles is 1. The van der Waals surface area contributed by atoms with E-state index in [9.17, 15) is 17.2 Å². The third kappa shape index (κ3) is 3.46. The van der Waals surface area contributed by atoms with Crippen LogP contribution in [-0.4, -0.2) is 15.0 Å². The molecule has 0 radical (unpaired) electrons. The van der Waals surface area contributed by atoms with E-state index in [0.717, 1.165) is 12.1 Å². The van der Waals surface area contributed by atoms with Crippen LogP contribution in [0.3, 0.4) is 0 Å². The van der Waals surface area contributed by atoms with Gasteiger partial charge in [0.25, 0.3) is 9.05 Å². The van der Waals surface area contributed by atoms with Gasteiger partial charge in [-0.25, -0.2) is 8.42 Å². The average Bonchev–Trinajstić information content (AvgIpc) is 2.18. The largest absolute Gasteiger partial charge is 0.434 e. The van der Waals surface area contributed by atoms with Crippen molar-refractivity contribution in [3.63, 3.8) is 0 Å². The molecular weight excluding hydrogens is 296 g/mol. The summed E-state index contributed by atoms with van der Waals surface area (Å²) in [5.74, 6) is -0.526. The lowest BCUT2D eigenvalue weighted by Crippen LogP contribution is -2.04. The van der Waals surface area contributed by atoms with Gasteiger partial charge in [-0.2, -0.15) is 14.0 Å². The lowest BCUT2D eigenvalue weighted by Gasteiger charge is -2.09. The number of ether oxygens (including phenoxy) is 1. The van der Waals surface area contributed by atoms with E-state index in [0.29, 0.717) is 0 Å². The molecule has 0 aliphatic rings. The third-order valence-electron chi connectivity index (χ3n) is 1.67. The molecule has 0 saturated heterocycles. The molecule has 1 rings (SSSR count). The van der Waals surface area contributed by atoms with E-state index in [1.54, 1.807) is 6.07 Å². The molecule has 1 aromatic rings. The Morgan fingerprint density at radius 2 is 2.06 bits per heavy atom. The van der Waals surface area contributed by atoms with Gasteiger partial charge >= 0.3 is 6.61 Å². The molecule has 92 valence electrons. The van der Waals surface area contributed by atoms with Crippen LogP contribution in [0.2, 0.25) is 0 Å². The fraction of sp³-hybridized carbons (Fsp3) is 0.125. The van der Waals surface area contributed by atoms with E-state index in [1.807, 2.05) is 0 Å². The van der Waals surface area contributed by atoms with Crippen LogP contribution in [0, 0.1) is 11.3 Å². The van der Waals surface area contributed by atoms with E-state index in [-0.39, 0.29) is 10.5 Å². The summed E-state index contributed by atoms with van der Waals surface area (Å²) in [6.45, 7) is -3.17. The van der Waals surface area contributed by atoms with E-state index in [4.69, 9.17) is 15.9 Å². The van der Waals surface area contributed by atoms with E-state index in [2.05, 4.69) is 17.4 Å². The van der Waals surface area contributed by atoms with E-state index < -0.39 is 26.3 Å². The molecule has 0 saturated carbocycles. The average molecular weight is 300 g/mol. The van der Waals surface area contributed by atoms with Gasteiger partial charge in [0.05, 0.1) is 15.4 Å². The fourth-order valence-corrected chi connectivity index (χ4v) is 2.00. The number of hydrogen-bond donors (Lipinski definition) is 1. The molecule has 0 unspecified atom stereocenters. The monoisotopic (exact) mass is 299 g/mol. The van der Waals surface area contributed by atoms with Crippen LogP contribution in [0.15, 0.2) is 21.9 Å². The van der Waals surface area contributed by atoms with Crippen LogP contribution >= 0.6 is 23.3 Å². The van der Waals surface area contributed by atoms with Crippen molar-refractivity contribution in [3.05, 3.63) is 17.7 Å². The van der Waals surface area contributed by atoms with E-state index >= 15 is 0 Å². The third-order valence-corrected chi connectivity index (χ3v) is 3.46. The highest BCUT2D eigenvalue weighted by atomic mass is 35.7. The van der Waals surface area contributed by atoms with Crippen LogP contribution in [-0.2, 0) is 9.05 Å². The van der Waals surface area contributed by atoms with Gasteiger partial charge < -0.3 is 4.74 Å². The van der Waals surface area contributed by atoms with Crippen LogP contribution in [0.25, 0.3) is 0 Å². The zero-order valence-corrected chi connectivity index (χ0v) is 10.4. The molecule has 0 spiro atoms. The molecule has 0 aromatic heterocycles. The number of thiol groups is 1. The first-order valence-electron chi connectivity index (χ1n) is 3.92. The second-order valence-corrected chi connectivity index (χ2v) is 5.76. The standard InChI is InChI=1S/C8H4ClF2NO3S2/c9-17(13,14)5-1-4(3-12)7(16)6(2-5)15-8(10)11/h1-2,8,16H. The van der Waals surface area contributed by atoms with Crippen molar-refractivity contribution in [1.82, 2.24) is 0 Å². The van der Waals surface area contributed by atoms with Crippen molar-refractivity contribution in [2.24, 2.45) is 0 Å². The Hall–Kier alpha value is -1.04.